The van der Waals surface area contributed by atoms with Gasteiger partial charge in [-0.2, -0.15) is 0 Å². The number of pyridine rings is 1. The van der Waals surface area contributed by atoms with E-state index in [0.29, 0.717) is 23.1 Å². The molecule has 0 atom stereocenters. The number of aryl methyl sites for hydroxylation is 1. The Kier molecular flexibility index (Phi) is 3.19. The van der Waals surface area contributed by atoms with Gasteiger partial charge in [-0.3, -0.25) is 4.79 Å². The highest BCUT2D eigenvalue weighted by Crippen LogP contribution is 2.14. The van der Waals surface area contributed by atoms with Gasteiger partial charge in [0.2, 0.25) is 0 Å². The summed E-state index contributed by atoms with van der Waals surface area (Å²) >= 11 is 0. The highest BCUT2D eigenvalue weighted by molar-refractivity contribution is 5.94. The van der Waals surface area contributed by atoms with Crippen molar-refractivity contribution in [3.63, 3.8) is 0 Å². The number of hydrogen-bond acceptors (Lipinski definition) is 3. The number of carbonyl (C=O) groups excluding carboxylic acids is 1. The number of H-pyrrole nitrogens is 1. The van der Waals surface area contributed by atoms with Crippen LogP contribution in [0.1, 0.15) is 28.5 Å². The lowest BCUT2D eigenvalue weighted by atomic mass is 10.1. The summed E-state index contributed by atoms with van der Waals surface area (Å²) in [6, 6.07) is 4.97. The van der Waals surface area contributed by atoms with Gasteiger partial charge in [0.15, 0.2) is 5.43 Å². The van der Waals surface area contributed by atoms with Crippen molar-refractivity contribution >= 4 is 16.9 Å². The van der Waals surface area contributed by atoms with Crippen LogP contribution in [0.4, 0.5) is 0 Å². The lowest BCUT2D eigenvalue weighted by molar-refractivity contribution is 0.0526. The largest absolute Gasteiger partial charge is 0.462 e. The maximum absolute atomic E-state index is 12.1. The predicted octanol–water partition coefficient (Wildman–Crippen LogP) is 2.32. The van der Waals surface area contributed by atoms with E-state index < -0.39 is 5.97 Å². The van der Waals surface area contributed by atoms with Crippen LogP contribution in [0.3, 0.4) is 0 Å². The van der Waals surface area contributed by atoms with Crippen molar-refractivity contribution in [2.75, 3.05) is 6.61 Å². The normalized spacial score (nSPS) is 10.6. The van der Waals surface area contributed by atoms with E-state index in [1.54, 1.807) is 32.0 Å². The minimum Gasteiger partial charge on any atom is -0.462 e. The molecule has 2 rings (SSSR count). The first-order chi connectivity index (χ1) is 8.54. The third kappa shape index (κ3) is 2.01. The van der Waals surface area contributed by atoms with Crippen molar-refractivity contribution in [1.82, 2.24) is 4.98 Å². The van der Waals surface area contributed by atoms with Gasteiger partial charge in [-0.15, -0.1) is 0 Å². The molecule has 0 bridgehead atoms. The van der Waals surface area contributed by atoms with E-state index in [9.17, 15) is 9.59 Å². The molecule has 0 unspecified atom stereocenters. The summed E-state index contributed by atoms with van der Waals surface area (Å²) in [4.78, 5) is 26.9. The zero-order chi connectivity index (χ0) is 13.3. The first-order valence-electron chi connectivity index (χ1n) is 5.85. The molecule has 0 fully saturated rings. The fourth-order valence-electron chi connectivity index (χ4n) is 1.85. The number of ether oxygens (including phenoxy) is 1. The molecule has 2 aromatic rings. The van der Waals surface area contributed by atoms with E-state index >= 15 is 0 Å². The van der Waals surface area contributed by atoms with Crippen LogP contribution in [0, 0.1) is 13.8 Å². The number of esters is 1. The summed E-state index contributed by atoms with van der Waals surface area (Å²) in [6.07, 6.45) is 0. The first-order valence-corrected chi connectivity index (χ1v) is 5.85. The molecule has 4 nitrogen and oxygen atoms in total. The SMILES string of the molecule is CCOC(=O)c1ccc2[nH]c(C)c(C)c(=O)c2c1. The molecule has 0 amide bonds. The van der Waals surface area contributed by atoms with Gasteiger partial charge in [-0.1, -0.05) is 0 Å². The van der Waals surface area contributed by atoms with Gasteiger partial charge in [0.1, 0.15) is 0 Å². The van der Waals surface area contributed by atoms with Gasteiger partial charge in [-0.25, -0.2) is 4.79 Å². The standard InChI is InChI=1S/C14H15NO3/c1-4-18-14(17)10-5-6-12-11(7-10)13(16)8(2)9(3)15-12/h5-7H,4H2,1-3H3,(H,15,16). The molecule has 0 aliphatic rings. The maximum atomic E-state index is 12.1. The molecule has 1 aromatic carbocycles. The Morgan fingerprint density at radius 1 is 1.33 bits per heavy atom. The molecule has 1 N–H and O–H groups in total. The van der Waals surface area contributed by atoms with Crippen molar-refractivity contribution in [1.29, 1.82) is 0 Å². The van der Waals surface area contributed by atoms with Crippen molar-refractivity contribution in [2.45, 2.75) is 20.8 Å². The first kappa shape index (κ1) is 12.4. The third-order valence-corrected chi connectivity index (χ3v) is 3.00. The maximum Gasteiger partial charge on any atom is 0.338 e. The Morgan fingerprint density at radius 3 is 2.72 bits per heavy atom. The Balaban J connectivity index is 2.65. The zero-order valence-corrected chi connectivity index (χ0v) is 10.7. The molecule has 0 radical (unpaired) electrons. The minimum atomic E-state index is -0.406. The Labute approximate surface area is 105 Å². The van der Waals surface area contributed by atoms with Crippen LogP contribution in [-0.2, 0) is 4.74 Å². The second kappa shape index (κ2) is 4.64. The van der Waals surface area contributed by atoms with Crippen LogP contribution in [0.25, 0.3) is 10.9 Å². The Hall–Kier alpha value is -2.10. The van der Waals surface area contributed by atoms with Crippen molar-refractivity contribution in [2.24, 2.45) is 0 Å². The number of aromatic amines is 1. The van der Waals surface area contributed by atoms with E-state index in [1.807, 2.05) is 6.92 Å². The molecular weight excluding hydrogens is 230 g/mol. The molecule has 18 heavy (non-hydrogen) atoms. The van der Waals surface area contributed by atoms with E-state index in [1.165, 1.54) is 0 Å². The average Bonchev–Trinajstić information content (AvgIpc) is 2.36. The van der Waals surface area contributed by atoms with Crippen LogP contribution in [0.15, 0.2) is 23.0 Å². The highest BCUT2D eigenvalue weighted by atomic mass is 16.5. The molecule has 4 heteroatoms. The minimum absolute atomic E-state index is 0.0487. The Bertz CT molecular complexity index is 671. The van der Waals surface area contributed by atoms with Crippen molar-refractivity contribution in [3.8, 4) is 0 Å². The molecule has 0 aliphatic heterocycles. The molecule has 1 aromatic heterocycles. The van der Waals surface area contributed by atoms with Crippen LogP contribution < -0.4 is 5.43 Å². The number of carbonyl (C=O) groups is 1. The number of benzene rings is 1. The molecular formula is C14H15NO3. The quantitative estimate of drug-likeness (QED) is 0.826. The summed E-state index contributed by atoms with van der Waals surface area (Å²) in [7, 11) is 0. The number of nitrogens with one attached hydrogen (secondary N) is 1. The molecule has 1 heterocycles. The number of fused-ring (bicyclic) bond motifs is 1. The lowest BCUT2D eigenvalue weighted by Crippen LogP contribution is -2.11. The third-order valence-electron chi connectivity index (χ3n) is 3.00. The van der Waals surface area contributed by atoms with E-state index in [-0.39, 0.29) is 5.43 Å². The number of rotatable bonds is 2. The van der Waals surface area contributed by atoms with Gasteiger partial charge in [-0.05, 0) is 39.0 Å². The van der Waals surface area contributed by atoms with Crippen molar-refractivity contribution < 1.29 is 9.53 Å². The molecule has 94 valence electrons. The smallest absolute Gasteiger partial charge is 0.338 e. The van der Waals surface area contributed by atoms with Gasteiger partial charge in [0, 0.05) is 22.2 Å². The highest BCUT2D eigenvalue weighted by Gasteiger charge is 2.10. The predicted molar refractivity (Wildman–Crippen MR) is 70.0 cm³/mol. The summed E-state index contributed by atoms with van der Waals surface area (Å²) in [5.74, 6) is -0.406. The van der Waals surface area contributed by atoms with Crippen LogP contribution in [0.5, 0.6) is 0 Å². The lowest BCUT2D eigenvalue weighted by Gasteiger charge is -2.06. The average molecular weight is 245 g/mol. The van der Waals surface area contributed by atoms with Gasteiger partial charge < -0.3 is 9.72 Å². The van der Waals surface area contributed by atoms with Crippen LogP contribution >= 0.6 is 0 Å². The van der Waals surface area contributed by atoms with Crippen LogP contribution in [-0.4, -0.2) is 17.6 Å². The van der Waals surface area contributed by atoms with Gasteiger partial charge in [0.25, 0.3) is 0 Å². The summed E-state index contributed by atoms with van der Waals surface area (Å²) in [5.41, 5.74) is 2.60. The fourth-order valence-corrected chi connectivity index (χ4v) is 1.85. The van der Waals surface area contributed by atoms with Gasteiger partial charge >= 0.3 is 5.97 Å². The number of hydrogen-bond donors (Lipinski definition) is 1. The van der Waals surface area contributed by atoms with E-state index in [4.69, 9.17) is 4.74 Å². The second-order valence-electron chi connectivity index (χ2n) is 4.18. The topological polar surface area (TPSA) is 59.2 Å². The van der Waals surface area contributed by atoms with Crippen molar-refractivity contribution in [3.05, 3.63) is 45.2 Å². The summed E-state index contributed by atoms with van der Waals surface area (Å²) in [6.45, 7) is 5.69. The van der Waals surface area contributed by atoms with Gasteiger partial charge in [0.05, 0.1) is 12.2 Å². The molecule has 0 saturated heterocycles. The zero-order valence-electron chi connectivity index (χ0n) is 10.7. The summed E-state index contributed by atoms with van der Waals surface area (Å²) in [5, 5.41) is 0.517. The van der Waals surface area contributed by atoms with E-state index in [2.05, 4.69) is 4.98 Å². The molecule has 0 spiro atoms. The van der Waals surface area contributed by atoms with E-state index in [0.717, 1.165) is 11.2 Å². The number of aromatic nitrogens is 1. The molecule has 0 aliphatic carbocycles. The Morgan fingerprint density at radius 2 is 2.06 bits per heavy atom. The summed E-state index contributed by atoms with van der Waals surface area (Å²) < 4.78 is 4.92. The monoisotopic (exact) mass is 245 g/mol. The van der Waals surface area contributed by atoms with Crippen LogP contribution in [0.2, 0.25) is 0 Å². The second-order valence-corrected chi connectivity index (χ2v) is 4.18. The molecule has 0 saturated carbocycles. The fraction of sp³-hybridized carbons (Fsp3) is 0.286.